The molecule has 5 nitrogen and oxygen atoms in total. The van der Waals surface area contributed by atoms with E-state index in [4.69, 9.17) is 0 Å². The first-order valence-electron chi connectivity index (χ1n) is 9.02. The van der Waals surface area contributed by atoms with Crippen LogP contribution in [0.2, 0.25) is 0 Å². The van der Waals surface area contributed by atoms with Crippen LogP contribution in [0.5, 0.6) is 0 Å². The molecule has 0 saturated carbocycles. The van der Waals surface area contributed by atoms with Crippen LogP contribution in [0.3, 0.4) is 0 Å². The van der Waals surface area contributed by atoms with Gasteiger partial charge >= 0.3 is 0 Å². The maximum atomic E-state index is 13.3. The Hall–Kier alpha value is -2.46. The number of carbonyl (C=O) groups is 1. The summed E-state index contributed by atoms with van der Waals surface area (Å²) >= 11 is 4.36. The van der Waals surface area contributed by atoms with Crippen molar-refractivity contribution in [1.29, 1.82) is 0 Å². The zero-order valence-electron chi connectivity index (χ0n) is 15.7. The lowest BCUT2D eigenvalue weighted by Gasteiger charge is -2.22. The van der Waals surface area contributed by atoms with Gasteiger partial charge in [-0.05, 0) is 52.5 Å². The van der Waals surface area contributed by atoms with Gasteiger partial charge in [-0.3, -0.25) is 9.52 Å². The molecule has 0 spiro atoms. The van der Waals surface area contributed by atoms with Crippen LogP contribution in [0.25, 0.3) is 0 Å². The molecule has 0 bridgehead atoms. The first-order chi connectivity index (χ1) is 14.5. The van der Waals surface area contributed by atoms with Crippen LogP contribution in [0.15, 0.2) is 81.0 Å². The number of carbonyl (C=O) groups excluding carboxylic acids is 1. The second-order valence-electron chi connectivity index (χ2n) is 6.44. The topological polar surface area (TPSA) is 66.5 Å². The molecule has 1 aromatic carbocycles. The maximum absolute atomic E-state index is 13.3. The number of thiophene rings is 3. The van der Waals surface area contributed by atoms with Crippen molar-refractivity contribution >= 4 is 55.6 Å². The van der Waals surface area contributed by atoms with Crippen molar-refractivity contribution in [3.8, 4) is 0 Å². The van der Waals surface area contributed by atoms with Gasteiger partial charge in [0.1, 0.15) is 4.21 Å². The highest BCUT2D eigenvalue weighted by Crippen LogP contribution is 2.23. The van der Waals surface area contributed by atoms with E-state index in [2.05, 4.69) is 4.72 Å². The third kappa shape index (κ3) is 4.99. The number of rotatable bonds is 8. The summed E-state index contributed by atoms with van der Waals surface area (Å²) in [5.74, 6) is -0.144. The SMILES string of the molecule is O=C(c1cccc(NS(=O)(=O)c2cccs2)c1)N(Cc1cccs1)Cc1cccs1. The minimum Gasteiger partial charge on any atom is -0.328 e. The number of nitrogens with one attached hydrogen (secondary N) is 1. The van der Waals surface area contributed by atoms with Crippen molar-refractivity contribution < 1.29 is 13.2 Å². The van der Waals surface area contributed by atoms with Crippen LogP contribution in [-0.4, -0.2) is 19.2 Å². The van der Waals surface area contributed by atoms with Gasteiger partial charge in [0.25, 0.3) is 15.9 Å². The number of benzene rings is 1. The van der Waals surface area contributed by atoms with Gasteiger partial charge in [0.15, 0.2) is 0 Å². The van der Waals surface area contributed by atoms with Gasteiger partial charge in [0.05, 0.1) is 13.1 Å². The molecule has 0 unspecified atom stereocenters. The fraction of sp³-hybridized carbons (Fsp3) is 0.0952. The minimum atomic E-state index is -3.67. The third-order valence-electron chi connectivity index (χ3n) is 4.26. The normalized spacial score (nSPS) is 11.3. The van der Waals surface area contributed by atoms with Crippen LogP contribution in [0, 0.1) is 0 Å². The van der Waals surface area contributed by atoms with Crippen LogP contribution in [0.4, 0.5) is 5.69 Å². The molecule has 1 N–H and O–H groups in total. The third-order valence-corrected chi connectivity index (χ3v) is 8.76. The molecule has 4 aromatic rings. The van der Waals surface area contributed by atoms with Crippen LogP contribution in [-0.2, 0) is 23.1 Å². The van der Waals surface area contributed by atoms with Crippen molar-refractivity contribution in [3.05, 3.63) is 92.1 Å². The molecule has 0 saturated heterocycles. The summed E-state index contributed by atoms with van der Waals surface area (Å²) in [7, 11) is -3.67. The monoisotopic (exact) mass is 474 g/mol. The summed E-state index contributed by atoms with van der Waals surface area (Å²) in [5.41, 5.74) is 0.802. The number of nitrogens with zero attached hydrogens (tertiary/aromatic N) is 1. The molecule has 0 aliphatic rings. The van der Waals surface area contributed by atoms with Crippen molar-refractivity contribution in [2.75, 3.05) is 4.72 Å². The first kappa shape index (κ1) is 20.8. The zero-order chi connectivity index (χ0) is 21.0. The molecule has 4 rings (SSSR count). The molecule has 0 atom stereocenters. The summed E-state index contributed by atoms with van der Waals surface area (Å²) in [6.07, 6.45) is 0. The summed E-state index contributed by atoms with van der Waals surface area (Å²) in [6.45, 7) is 0.999. The predicted molar refractivity (Wildman–Crippen MR) is 124 cm³/mol. The highest BCUT2D eigenvalue weighted by atomic mass is 32.2. The number of hydrogen-bond acceptors (Lipinski definition) is 6. The molecule has 0 aliphatic heterocycles. The van der Waals surface area contributed by atoms with E-state index in [9.17, 15) is 13.2 Å². The van der Waals surface area contributed by atoms with Gasteiger partial charge in [-0.15, -0.1) is 34.0 Å². The summed E-state index contributed by atoms with van der Waals surface area (Å²) in [5, 5.41) is 5.69. The summed E-state index contributed by atoms with van der Waals surface area (Å²) in [4.78, 5) is 17.3. The molecule has 154 valence electrons. The average Bonchev–Trinajstić information content (AvgIpc) is 3.49. The second kappa shape index (κ2) is 9.13. The standard InChI is InChI=1S/C21H18N2O3S4/c24-21(23(14-18-7-2-10-27-18)15-19-8-3-11-28-19)16-5-1-6-17(13-16)22-30(25,26)20-9-4-12-29-20/h1-13,22H,14-15H2. The van der Waals surface area contributed by atoms with E-state index in [1.807, 2.05) is 35.0 Å². The van der Waals surface area contributed by atoms with Crippen molar-refractivity contribution in [2.24, 2.45) is 0 Å². The van der Waals surface area contributed by atoms with E-state index < -0.39 is 10.0 Å². The van der Waals surface area contributed by atoms with Crippen molar-refractivity contribution in [1.82, 2.24) is 4.90 Å². The van der Waals surface area contributed by atoms with E-state index in [1.54, 1.807) is 69.4 Å². The number of amides is 1. The molecule has 0 radical (unpaired) electrons. The van der Waals surface area contributed by atoms with Gasteiger partial charge in [-0.2, -0.15) is 0 Å². The maximum Gasteiger partial charge on any atom is 0.271 e. The molecular formula is C21H18N2O3S4. The Kier molecular flexibility index (Phi) is 6.33. The largest absolute Gasteiger partial charge is 0.328 e. The Bertz CT molecular complexity index is 1160. The van der Waals surface area contributed by atoms with E-state index in [0.29, 0.717) is 24.3 Å². The van der Waals surface area contributed by atoms with Gasteiger partial charge in [0, 0.05) is 21.0 Å². The van der Waals surface area contributed by atoms with Crippen LogP contribution >= 0.6 is 34.0 Å². The molecule has 3 aromatic heterocycles. The van der Waals surface area contributed by atoms with Gasteiger partial charge in [0.2, 0.25) is 0 Å². The van der Waals surface area contributed by atoms with Crippen molar-refractivity contribution in [2.45, 2.75) is 17.3 Å². The Morgan fingerprint density at radius 3 is 2.03 bits per heavy atom. The Labute approximate surface area is 187 Å². The van der Waals surface area contributed by atoms with Gasteiger partial charge < -0.3 is 4.90 Å². The lowest BCUT2D eigenvalue weighted by atomic mass is 10.1. The first-order valence-corrected chi connectivity index (χ1v) is 13.1. The number of anilines is 1. The molecule has 0 fully saturated rings. The fourth-order valence-electron chi connectivity index (χ4n) is 2.90. The Balaban J connectivity index is 1.57. The van der Waals surface area contributed by atoms with E-state index >= 15 is 0 Å². The van der Waals surface area contributed by atoms with Gasteiger partial charge in [-0.1, -0.05) is 24.3 Å². The lowest BCUT2D eigenvalue weighted by Crippen LogP contribution is -2.29. The number of hydrogen-bond donors (Lipinski definition) is 1. The highest BCUT2D eigenvalue weighted by Gasteiger charge is 2.20. The zero-order valence-corrected chi connectivity index (χ0v) is 19.0. The molecule has 0 aliphatic carbocycles. The van der Waals surface area contributed by atoms with Crippen LogP contribution in [0.1, 0.15) is 20.1 Å². The van der Waals surface area contributed by atoms with Crippen LogP contribution < -0.4 is 4.72 Å². The average molecular weight is 475 g/mol. The summed E-state index contributed by atoms with van der Waals surface area (Å²) in [6, 6.07) is 17.8. The van der Waals surface area contributed by atoms with E-state index in [-0.39, 0.29) is 10.1 Å². The molecule has 3 heterocycles. The highest BCUT2D eigenvalue weighted by molar-refractivity contribution is 7.94. The molecule has 1 amide bonds. The summed E-state index contributed by atoms with van der Waals surface area (Å²) < 4.78 is 27.8. The Morgan fingerprint density at radius 2 is 1.47 bits per heavy atom. The second-order valence-corrected chi connectivity index (χ2v) is 11.4. The van der Waals surface area contributed by atoms with E-state index in [0.717, 1.165) is 21.1 Å². The molecular weight excluding hydrogens is 457 g/mol. The fourth-order valence-corrected chi connectivity index (χ4v) is 6.38. The smallest absolute Gasteiger partial charge is 0.271 e. The van der Waals surface area contributed by atoms with Crippen molar-refractivity contribution in [3.63, 3.8) is 0 Å². The quantitative estimate of drug-likeness (QED) is 0.366. The molecule has 9 heteroatoms. The predicted octanol–water partition coefficient (Wildman–Crippen LogP) is 5.51. The molecule has 30 heavy (non-hydrogen) atoms. The van der Waals surface area contributed by atoms with E-state index in [1.165, 1.54) is 0 Å². The van der Waals surface area contributed by atoms with Gasteiger partial charge in [-0.25, -0.2) is 8.42 Å². The Morgan fingerprint density at radius 1 is 0.833 bits per heavy atom. The minimum absolute atomic E-state index is 0.144. The lowest BCUT2D eigenvalue weighted by molar-refractivity contribution is 0.0733. The number of sulfonamides is 1.